The molecule has 1 aromatic rings. The number of benzene rings is 1. The maximum absolute atomic E-state index is 12.1. The summed E-state index contributed by atoms with van der Waals surface area (Å²) in [6.07, 6.45) is 3.48. The third-order valence-electron chi connectivity index (χ3n) is 3.44. The molecule has 0 aromatic heterocycles. The highest BCUT2D eigenvalue weighted by molar-refractivity contribution is 5.94. The fourth-order valence-electron chi connectivity index (χ4n) is 1.88. The molecule has 0 aliphatic carbocycles. The van der Waals surface area contributed by atoms with Crippen LogP contribution in [0.2, 0.25) is 0 Å². The number of nitrogens with zero attached hydrogens (tertiary/aromatic N) is 2. The number of anilines is 1. The number of rotatable bonds is 7. The van der Waals surface area contributed by atoms with E-state index in [1.165, 1.54) is 12.8 Å². The summed E-state index contributed by atoms with van der Waals surface area (Å²) >= 11 is 0. The van der Waals surface area contributed by atoms with Gasteiger partial charge < -0.3 is 5.32 Å². The number of amides is 1. The van der Waals surface area contributed by atoms with Crippen molar-refractivity contribution in [2.75, 3.05) is 18.9 Å². The minimum absolute atomic E-state index is 0.0197. The Labute approximate surface area is 121 Å². The fraction of sp³-hybridized carbons (Fsp3) is 0.500. The normalized spacial score (nSPS) is 11.9. The number of likely N-dealkylation sites (N-methyl/N-ethyl adjacent to an activating group) is 1. The number of nitriles is 1. The first-order valence-electron chi connectivity index (χ1n) is 7.09. The maximum Gasteiger partial charge on any atom is 0.241 e. The molecule has 0 heterocycles. The molecule has 0 aliphatic rings. The number of hydrogen-bond acceptors (Lipinski definition) is 3. The van der Waals surface area contributed by atoms with Crippen molar-refractivity contribution >= 4 is 11.6 Å². The highest BCUT2D eigenvalue weighted by Gasteiger charge is 2.17. The molecular formula is C16H23N3O. The van der Waals surface area contributed by atoms with E-state index in [0.29, 0.717) is 5.56 Å². The lowest BCUT2D eigenvalue weighted by molar-refractivity contribution is -0.120. The molecule has 1 unspecified atom stereocenters. The largest absolute Gasteiger partial charge is 0.325 e. The van der Waals surface area contributed by atoms with E-state index in [-0.39, 0.29) is 11.9 Å². The van der Waals surface area contributed by atoms with Crippen LogP contribution in [0.1, 0.15) is 38.7 Å². The number of unbranched alkanes of at least 4 members (excludes halogenated alkanes) is 2. The standard InChI is InChI=1S/C16H23N3O/c1-4-5-6-11-19(3)13(2)16(20)18-15-9-7-14(12-17)8-10-15/h7-10,13H,4-6,11H2,1-3H3,(H,18,20). The Hall–Kier alpha value is -1.86. The van der Waals surface area contributed by atoms with E-state index < -0.39 is 0 Å². The highest BCUT2D eigenvalue weighted by atomic mass is 16.2. The molecule has 1 N–H and O–H groups in total. The Morgan fingerprint density at radius 1 is 1.35 bits per heavy atom. The Morgan fingerprint density at radius 2 is 2.00 bits per heavy atom. The van der Waals surface area contributed by atoms with Gasteiger partial charge in [0.15, 0.2) is 0 Å². The summed E-state index contributed by atoms with van der Waals surface area (Å²) in [5.74, 6) is -0.0197. The Kier molecular flexibility index (Phi) is 6.75. The third kappa shape index (κ3) is 5.02. The molecule has 0 aliphatic heterocycles. The van der Waals surface area contributed by atoms with Gasteiger partial charge in [-0.2, -0.15) is 5.26 Å². The van der Waals surface area contributed by atoms with E-state index >= 15 is 0 Å². The van der Waals surface area contributed by atoms with E-state index in [4.69, 9.17) is 5.26 Å². The molecule has 1 rings (SSSR count). The average molecular weight is 273 g/mol. The molecule has 0 saturated carbocycles. The predicted molar refractivity (Wildman–Crippen MR) is 81.4 cm³/mol. The summed E-state index contributed by atoms with van der Waals surface area (Å²) in [5.41, 5.74) is 1.32. The van der Waals surface area contributed by atoms with Crippen molar-refractivity contribution in [3.63, 3.8) is 0 Å². The van der Waals surface area contributed by atoms with Crippen LogP contribution >= 0.6 is 0 Å². The van der Waals surface area contributed by atoms with Crippen LogP contribution in [-0.2, 0) is 4.79 Å². The highest BCUT2D eigenvalue weighted by Crippen LogP contribution is 2.10. The number of hydrogen-bond donors (Lipinski definition) is 1. The van der Waals surface area contributed by atoms with Crippen LogP contribution in [0.5, 0.6) is 0 Å². The molecule has 0 bridgehead atoms. The zero-order valence-electron chi connectivity index (χ0n) is 12.5. The first kappa shape index (κ1) is 16.2. The summed E-state index contributed by atoms with van der Waals surface area (Å²) in [7, 11) is 1.97. The van der Waals surface area contributed by atoms with E-state index in [1.807, 2.05) is 14.0 Å². The molecule has 1 aromatic carbocycles. The first-order valence-corrected chi connectivity index (χ1v) is 7.09. The van der Waals surface area contributed by atoms with Crippen molar-refractivity contribution in [3.8, 4) is 6.07 Å². The molecular weight excluding hydrogens is 250 g/mol. The summed E-state index contributed by atoms with van der Waals surface area (Å²) in [4.78, 5) is 14.2. The number of nitrogens with one attached hydrogen (secondary N) is 1. The Morgan fingerprint density at radius 3 is 2.55 bits per heavy atom. The molecule has 1 amide bonds. The van der Waals surface area contributed by atoms with Crippen molar-refractivity contribution < 1.29 is 4.79 Å². The summed E-state index contributed by atoms with van der Waals surface area (Å²) in [5, 5.41) is 11.6. The van der Waals surface area contributed by atoms with Crippen LogP contribution < -0.4 is 5.32 Å². The number of carbonyl (C=O) groups is 1. The molecule has 0 radical (unpaired) electrons. The van der Waals surface area contributed by atoms with Crippen LogP contribution in [0.25, 0.3) is 0 Å². The molecule has 4 heteroatoms. The van der Waals surface area contributed by atoms with Crippen molar-refractivity contribution in [2.24, 2.45) is 0 Å². The summed E-state index contributed by atoms with van der Waals surface area (Å²) < 4.78 is 0. The van der Waals surface area contributed by atoms with Gasteiger partial charge in [-0.1, -0.05) is 19.8 Å². The van der Waals surface area contributed by atoms with Gasteiger partial charge in [-0.05, 0) is 51.2 Å². The lowest BCUT2D eigenvalue weighted by Crippen LogP contribution is -2.40. The van der Waals surface area contributed by atoms with E-state index in [1.54, 1.807) is 24.3 Å². The van der Waals surface area contributed by atoms with Crippen molar-refractivity contribution in [1.29, 1.82) is 5.26 Å². The smallest absolute Gasteiger partial charge is 0.241 e. The van der Waals surface area contributed by atoms with Gasteiger partial charge in [0.05, 0.1) is 17.7 Å². The van der Waals surface area contributed by atoms with Gasteiger partial charge in [-0.3, -0.25) is 9.69 Å². The minimum Gasteiger partial charge on any atom is -0.325 e. The SMILES string of the molecule is CCCCCN(C)C(C)C(=O)Nc1ccc(C#N)cc1. The molecule has 0 fully saturated rings. The zero-order valence-corrected chi connectivity index (χ0v) is 12.5. The van der Waals surface area contributed by atoms with E-state index in [0.717, 1.165) is 18.7 Å². The van der Waals surface area contributed by atoms with E-state index in [9.17, 15) is 4.79 Å². The van der Waals surface area contributed by atoms with Gasteiger partial charge in [0.1, 0.15) is 0 Å². The molecule has 0 spiro atoms. The van der Waals surface area contributed by atoms with Crippen LogP contribution in [0.4, 0.5) is 5.69 Å². The van der Waals surface area contributed by atoms with Gasteiger partial charge in [0, 0.05) is 5.69 Å². The summed E-state index contributed by atoms with van der Waals surface area (Å²) in [6, 6.07) is 8.79. The van der Waals surface area contributed by atoms with Crippen LogP contribution in [0.15, 0.2) is 24.3 Å². The molecule has 1 atom stereocenters. The first-order chi connectivity index (χ1) is 9.58. The van der Waals surface area contributed by atoms with Crippen molar-refractivity contribution in [3.05, 3.63) is 29.8 Å². The van der Waals surface area contributed by atoms with Crippen molar-refractivity contribution in [1.82, 2.24) is 4.90 Å². The quantitative estimate of drug-likeness (QED) is 0.777. The zero-order chi connectivity index (χ0) is 15.0. The van der Waals surface area contributed by atoms with Gasteiger partial charge in [-0.15, -0.1) is 0 Å². The van der Waals surface area contributed by atoms with Gasteiger partial charge in [0.2, 0.25) is 5.91 Å². The van der Waals surface area contributed by atoms with Gasteiger partial charge >= 0.3 is 0 Å². The minimum atomic E-state index is -0.164. The maximum atomic E-state index is 12.1. The monoisotopic (exact) mass is 273 g/mol. The topological polar surface area (TPSA) is 56.1 Å². The number of carbonyl (C=O) groups excluding carboxylic acids is 1. The lowest BCUT2D eigenvalue weighted by atomic mass is 10.2. The second kappa shape index (κ2) is 8.34. The average Bonchev–Trinajstić information content (AvgIpc) is 2.47. The molecule has 0 saturated heterocycles. The van der Waals surface area contributed by atoms with Gasteiger partial charge in [-0.25, -0.2) is 0 Å². The lowest BCUT2D eigenvalue weighted by Gasteiger charge is -2.23. The predicted octanol–water partition coefficient (Wildman–Crippen LogP) is 3.01. The Bertz CT molecular complexity index is 462. The second-order valence-corrected chi connectivity index (χ2v) is 5.04. The molecule has 108 valence electrons. The van der Waals surface area contributed by atoms with Crippen molar-refractivity contribution in [2.45, 2.75) is 39.2 Å². The second-order valence-electron chi connectivity index (χ2n) is 5.04. The third-order valence-corrected chi connectivity index (χ3v) is 3.44. The van der Waals surface area contributed by atoms with Gasteiger partial charge in [0.25, 0.3) is 0 Å². The molecule has 20 heavy (non-hydrogen) atoms. The fourth-order valence-corrected chi connectivity index (χ4v) is 1.88. The van der Waals surface area contributed by atoms with E-state index in [2.05, 4.69) is 23.2 Å². The Balaban J connectivity index is 2.50. The molecule has 4 nitrogen and oxygen atoms in total. The van der Waals surface area contributed by atoms with Crippen LogP contribution in [-0.4, -0.2) is 30.4 Å². The van der Waals surface area contributed by atoms with Crippen LogP contribution in [0.3, 0.4) is 0 Å². The summed E-state index contributed by atoms with van der Waals surface area (Å²) in [6.45, 7) is 5.00. The van der Waals surface area contributed by atoms with Crippen LogP contribution in [0, 0.1) is 11.3 Å².